The smallest absolute Gasteiger partial charge is 0.303 e. The van der Waals surface area contributed by atoms with E-state index in [0.717, 1.165) is 6.42 Å². The molecule has 0 aromatic carbocycles. The van der Waals surface area contributed by atoms with E-state index in [4.69, 9.17) is 9.63 Å². The summed E-state index contributed by atoms with van der Waals surface area (Å²) in [6, 6.07) is 0. The minimum Gasteiger partial charge on any atom is -0.481 e. The van der Waals surface area contributed by atoms with Crippen LogP contribution in [0.15, 0.2) is 4.52 Å². The molecule has 1 rings (SSSR count). The van der Waals surface area contributed by atoms with Gasteiger partial charge in [-0.15, -0.1) is 0 Å². The van der Waals surface area contributed by atoms with Crippen LogP contribution in [0, 0.1) is 19.8 Å². The monoisotopic (exact) mass is 268 g/mol. The van der Waals surface area contributed by atoms with Crippen LogP contribution in [0.1, 0.15) is 48.0 Å². The minimum atomic E-state index is -0.786. The molecule has 1 unspecified atom stereocenters. The Morgan fingerprint density at radius 1 is 1.37 bits per heavy atom. The van der Waals surface area contributed by atoms with Crippen molar-refractivity contribution in [3.63, 3.8) is 0 Å². The summed E-state index contributed by atoms with van der Waals surface area (Å²) in [6.45, 7) is 5.92. The molecule has 0 fully saturated rings. The molecule has 0 aliphatic carbocycles. The first kappa shape index (κ1) is 15.2. The number of carboxylic acid groups (broad SMARTS) is 1. The second kappa shape index (κ2) is 6.92. The van der Waals surface area contributed by atoms with E-state index in [9.17, 15) is 9.59 Å². The van der Waals surface area contributed by atoms with Crippen LogP contribution >= 0.6 is 0 Å². The number of carbonyl (C=O) groups excluding carboxylic acids is 1. The first-order valence-electron chi connectivity index (χ1n) is 6.34. The van der Waals surface area contributed by atoms with E-state index < -0.39 is 5.97 Å². The molecule has 6 nitrogen and oxygen atoms in total. The normalized spacial score (nSPS) is 12.2. The highest BCUT2D eigenvalue weighted by Crippen LogP contribution is 2.12. The van der Waals surface area contributed by atoms with Crippen molar-refractivity contribution in [3.8, 4) is 0 Å². The fourth-order valence-corrected chi connectivity index (χ4v) is 1.84. The molecule has 0 radical (unpaired) electrons. The fraction of sp³-hybridized carbons (Fsp3) is 0.615. The molecule has 106 valence electrons. The van der Waals surface area contributed by atoms with Crippen LogP contribution in [0.4, 0.5) is 0 Å². The predicted octanol–water partition coefficient (Wildman–Crippen LogP) is 1.91. The quantitative estimate of drug-likeness (QED) is 0.788. The highest BCUT2D eigenvalue weighted by molar-refractivity contribution is 5.96. The van der Waals surface area contributed by atoms with Gasteiger partial charge in [0.1, 0.15) is 11.3 Å². The Bertz CT molecular complexity index is 434. The van der Waals surface area contributed by atoms with Crippen LogP contribution in [0.25, 0.3) is 0 Å². The Labute approximate surface area is 112 Å². The van der Waals surface area contributed by atoms with Gasteiger partial charge in [-0.3, -0.25) is 9.59 Å². The second-order valence-corrected chi connectivity index (χ2v) is 4.78. The van der Waals surface area contributed by atoms with Crippen LogP contribution in [-0.2, 0) is 4.79 Å². The third kappa shape index (κ3) is 4.73. The zero-order valence-corrected chi connectivity index (χ0v) is 11.5. The Kier molecular flexibility index (Phi) is 5.54. The first-order chi connectivity index (χ1) is 8.91. The zero-order valence-electron chi connectivity index (χ0n) is 11.5. The zero-order chi connectivity index (χ0) is 14.4. The summed E-state index contributed by atoms with van der Waals surface area (Å²) < 4.78 is 4.93. The van der Waals surface area contributed by atoms with E-state index >= 15 is 0 Å². The third-order valence-corrected chi connectivity index (χ3v) is 3.03. The summed E-state index contributed by atoms with van der Waals surface area (Å²) >= 11 is 0. The minimum absolute atomic E-state index is 0.166. The molecule has 0 aliphatic heterocycles. The molecular weight excluding hydrogens is 248 g/mol. The lowest BCUT2D eigenvalue weighted by molar-refractivity contribution is -0.137. The van der Waals surface area contributed by atoms with Crippen LogP contribution in [0.2, 0.25) is 0 Å². The predicted molar refractivity (Wildman–Crippen MR) is 69.0 cm³/mol. The average molecular weight is 268 g/mol. The number of aryl methyl sites for hydroxylation is 2. The summed E-state index contributed by atoms with van der Waals surface area (Å²) in [6.07, 6.45) is 1.54. The molecule has 2 N–H and O–H groups in total. The Balaban J connectivity index is 2.33. The highest BCUT2D eigenvalue weighted by atomic mass is 16.5. The van der Waals surface area contributed by atoms with Crippen molar-refractivity contribution in [2.24, 2.45) is 5.92 Å². The van der Waals surface area contributed by atoms with E-state index in [1.807, 2.05) is 6.92 Å². The number of carbonyl (C=O) groups is 2. The standard InChI is InChI=1S/C13H20N2O4/c1-8(4-5-11(16)17)6-7-14-13(18)12-9(2)15-19-10(12)3/h8H,4-7H2,1-3H3,(H,14,18)(H,16,17). The lowest BCUT2D eigenvalue weighted by Gasteiger charge is -2.10. The first-order valence-corrected chi connectivity index (χ1v) is 6.34. The van der Waals surface area contributed by atoms with Gasteiger partial charge in [0, 0.05) is 13.0 Å². The number of carboxylic acids is 1. The van der Waals surface area contributed by atoms with Gasteiger partial charge < -0.3 is 14.9 Å². The van der Waals surface area contributed by atoms with Gasteiger partial charge >= 0.3 is 5.97 Å². The summed E-state index contributed by atoms with van der Waals surface area (Å²) in [5.41, 5.74) is 1.06. The van der Waals surface area contributed by atoms with Crippen molar-refractivity contribution in [2.45, 2.75) is 40.0 Å². The number of nitrogens with zero attached hydrogens (tertiary/aromatic N) is 1. The maximum absolute atomic E-state index is 11.9. The summed E-state index contributed by atoms with van der Waals surface area (Å²) in [5.74, 6) is -0.205. The third-order valence-electron chi connectivity index (χ3n) is 3.03. The molecule has 0 saturated carbocycles. The maximum Gasteiger partial charge on any atom is 0.303 e. The van der Waals surface area contributed by atoms with Crippen LogP contribution < -0.4 is 5.32 Å². The largest absolute Gasteiger partial charge is 0.481 e. The number of amides is 1. The summed E-state index contributed by atoms with van der Waals surface area (Å²) in [7, 11) is 0. The van der Waals surface area contributed by atoms with Crippen molar-refractivity contribution in [1.82, 2.24) is 10.5 Å². The van der Waals surface area contributed by atoms with Crippen molar-refractivity contribution in [1.29, 1.82) is 0 Å². The van der Waals surface area contributed by atoms with Crippen LogP contribution in [0.5, 0.6) is 0 Å². The number of nitrogens with one attached hydrogen (secondary N) is 1. The second-order valence-electron chi connectivity index (χ2n) is 4.78. The van der Waals surface area contributed by atoms with E-state index in [-0.39, 0.29) is 18.2 Å². The maximum atomic E-state index is 11.9. The topological polar surface area (TPSA) is 92.4 Å². The number of rotatable bonds is 7. The SMILES string of the molecule is Cc1noc(C)c1C(=O)NCCC(C)CCC(=O)O. The van der Waals surface area contributed by atoms with Crippen LogP contribution in [-0.4, -0.2) is 28.7 Å². The lowest BCUT2D eigenvalue weighted by Crippen LogP contribution is -2.26. The van der Waals surface area contributed by atoms with Gasteiger partial charge in [0.25, 0.3) is 5.91 Å². The molecule has 1 amide bonds. The Morgan fingerprint density at radius 2 is 2.05 bits per heavy atom. The van der Waals surface area contributed by atoms with E-state index in [1.165, 1.54) is 0 Å². The molecule has 1 heterocycles. The van der Waals surface area contributed by atoms with Crippen molar-refractivity contribution in [3.05, 3.63) is 17.0 Å². The van der Waals surface area contributed by atoms with Gasteiger partial charge in [0.15, 0.2) is 0 Å². The summed E-state index contributed by atoms with van der Waals surface area (Å²) in [4.78, 5) is 22.3. The summed E-state index contributed by atoms with van der Waals surface area (Å²) in [5, 5.41) is 15.1. The van der Waals surface area contributed by atoms with Gasteiger partial charge in [-0.05, 0) is 32.6 Å². The van der Waals surface area contributed by atoms with Crippen molar-refractivity contribution < 1.29 is 19.2 Å². The molecule has 6 heteroatoms. The molecule has 1 aromatic heterocycles. The number of aliphatic carboxylic acids is 1. The van der Waals surface area contributed by atoms with Gasteiger partial charge in [0.05, 0.1) is 5.69 Å². The van der Waals surface area contributed by atoms with Crippen molar-refractivity contribution in [2.75, 3.05) is 6.54 Å². The van der Waals surface area contributed by atoms with E-state index in [0.29, 0.717) is 30.0 Å². The Hall–Kier alpha value is -1.85. The lowest BCUT2D eigenvalue weighted by atomic mass is 10.0. The molecule has 0 bridgehead atoms. The van der Waals surface area contributed by atoms with Gasteiger partial charge in [-0.2, -0.15) is 0 Å². The molecule has 0 spiro atoms. The van der Waals surface area contributed by atoms with E-state index in [1.54, 1.807) is 13.8 Å². The number of aromatic nitrogens is 1. The van der Waals surface area contributed by atoms with Gasteiger partial charge in [-0.1, -0.05) is 12.1 Å². The van der Waals surface area contributed by atoms with E-state index in [2.05, 4.69) is 10.5 Å². The van der Waals surface area contributed by atoms with Gasteiger partial charge in [-0.25, -0.2) is 0 Å². The van der Waals surface area contributed by atoms with Gasteiger partial charge in [0.2, 0.25) is 0 Å². The molecule has 0 aliphatic rings. The molecule has 1 aromatic rings. The van der Waals surface area contributed by atoms with Crippen molar-refractivity contribution >= 4 is 11.9 Å². The molecule has 0 saturated heterocycles. The average Bonchev–Trinajstić information content (AvgIpc) is 2.66. The fourth-order valence-electron chi connectivity index (χ4n) is 1.84. The van der Waals surface area contributed by atoms with Crippen LogP contribution in [0.3, 0.4) is 0 Å². The molecule has 1 atom stereocenters. The molecular formula is C13H20N2O4. The number of hydrogen-bond donors (Lipinski definition) is 2. The molecule has 19 heavy (non-hydrogen) atoms. The Morgan fingerprint density at radius 3 is 2.58 bits per heavy atom. The highest BCUT2D eigenvalue weighted by Gasteiger charge is 2.17. The number of hydrogen-bond acceptors (Lipinski definition) is 4.